The Bertz CT molecular complexity index is 610. The molecule has 2 nitrogen and oxygen atoms in total. The van der Waals surface area contributed by atoms with Gasteiger partial charge in [0.05, 0.1) is 5.56 Å². The molecule has 0 bridgehead atoms. The largest absolute Gasteiger partial charge is 0.406 e. The van der Waals surface area contributed by atoms with E-state index in [4.69, 9.17) is 0 Å². The number of nitrogens with zero attached hydrogens (tertiary/aromatic N) is 1. The summed E-state index contributed by atoms with van der Waals surface area (Å²) in [4.78, 5) is 12.8. The molecule has 0 atom stereocenters. The monoisotopic (exact) mass is 317 g/mol. The second-order valence-corrected chi connectivity index (χ2v) is 5.17. The average Bonchev–Trinajstić information content (AvgIpc) is 2.89. The van der Waals surface area contributed by atoms with Crippen LogP contribution in [0.25, 0.3) is 0 Å². The maximum Gasteiger partial charge on any atom is 0.406 e. The lowest BCUT2D eigenvalue weighted by Crippen LogP contribution is -2.38. The van der Waals surface area contributed by atoms with E-state index < -0.39 is 24.4 Å². The Morgan fingerprint density at radius 2 is 1.90 bits per heavy atom. The van der Waals surface area contributed by atoms with E-state index in [1.54, 1.807) is 16.8 Å². The van der Waals surface area contributed by atoms with Gasteiger partial charge in [0.25, 0.3) is 5.91 Å². The standard InChI is InChI=1S/C14H11F4NOS/c15-12-4-2-1-3-11(12)13(20)19(9-14(16,17)18)7-10-5-6-21-8-10/h1-6,8H,7,9H2. The summed E-state index contributed by atoms with van der Waals surface area (Å²) < 4.78 is 51.5. The first-order valence-corrected chi connectivity index (χ1v) is 6.93. The van der Waals surface area contributed by atoms with Gasteiger partial charge in [-0.25, -0.2) is 4.39 Å². The number of rotatable bonds is 4. The summed E-state index contributed by atoms with van der Waals surface area (Å²) in [7, 11) is 0. The van der Waals surface area contributed by atoms with Gasteiger partial charge in [-0.1, -0.05) is 12.1 Å². The number of benzene rings is 1. The lowest BCUT2D eigenvalue weighted by atomic mass is 10.1. The molecule has 0 fully saturated rings. The number of thiophene rings is 1. The number of alkyl halides is 3. The summed E-state index contributed by atoms with van der Waals surface area (Å²) in [6, 6.07) is 6.63. The van der Waals surface area contributed by atoms with E-state index >= 15 is 0 Å². The lowest BCUT2D eigenvalue weighted by Gasteiger charge is -2.24. The summed E-state index contributed by atoms with van der Waals surface area (Å²) in [5.74, 6) is -1.81. The fourth-order valence-corrected chi connectivity index (χ4v) is 2.48. The molecule has 0 aliphatic heterocycles. The molecule has 0 saturated carbocycles. The molecule has 0 unspecified atom stereocenters. The van der Waals surface area contributed by atoms with Gasteiger partial charge in [-0.15, -0.1) is 0 Å². The summed E-state index contributed by atoms with van der Waals surface area (Å²) in [5.41, 5.74) is 0.214. The van der Waals surface area contributed by atoms with E-state index in [9.17, 15) is 22.4 Å². The predicted molar refractivity (Wildman–Crippen MR) is 71.5 cm³/mol. The highest BCUT2D eigenvalue weighted by molar-refractivity contribution is 7.07. The van der Waals surface area contributed by atoms with Crippen molar-refractivity contribution in [2.45, 2.75) is 12.7 Å². The number of hydrogen-bond acceptors (Lipinski definition) is 2. The number of carbonyl (C=O) groups is 1. The summed E-state index contributed by atoms with van der Waals surface area (Å²) >= 11 is 1.32. The van der Waals surface area contributed by atoms with Crippen LogP contribution in [-0.2, 0) is 6.54 Å². The zero-order valence-corrected chi connectivity index (χ0v) is 11.5. The molecule has 2 rings (SSSR count). The Morgan fingerprint density at radius 3 is 2.48 bits per heavy atom. The summed E-state index contributed by atoms with van der Waals surface area (Å²) in [6.45, 7) is -1.63. The van der Waals surface area contributed by atoms with Crippen molar-refractivity contribution in [3.8, 4) is 0 Å². The Labute approximate surface area is 122 Å². The van der Waals surface area contributed by atoms with Crippen molar-refractivity contribution in [2.24, 2.45) is 0 Å². The molecule has 7 heteroatoms. The van der Waals surface area contributed by atoms with E-state index in [2.05, 4.69) is 0 Å². The normalized spacial score (nSPS) is 11.4. The first kappa shape index (κ1) is 15.5. The van der Waals surface area contributed by atoms with Gasteiger partial charge in [0.1, 0.15) is 12.4 Å². The molecule has 21 heavy (non-hydrogen) atoms. The van der Waals surface area contributed by atoms with Gasteiger partial charge in [-0.2, -0.15) is 24.5 Å². The zero-order chi connectivity index (χ0) is 15.5. The predicted octanol–water partition coefficient (Wildman–Crippen LogP) is 4.09. The second-order valence-electron chi connectivity index (χ2n) is 4.39. The SMILES string of the molecule is O=C(c1ccccc1F)N(Cc1ccsc1)CC(F)(F)F. The number of halogens is 4. The van der Waals surface area contributed by atoms with Crippen LogP contribution in [0.5, 0.6) is 0 Å². The van der Waals surface area contributed by atoms with Crippen molar-refractivity contribution in [2.75, 3.05) is 6.54 Å². The van der Waals surface area contributed by atoms with Crippen LogP contribution in [0, 0.1) is 5.82 Å². The molecule has 1 heterocycles. The third-order valence-electron chi connectivity index (χ3n) is 2.72. The highest BCUT2D eigenvalue weighted by Gasteiger charge is 2.34. The summed E-state index contributed by atoms with van der Waals surface area (Å²) in [5, 5.41) is 3.35. The van der Waals surface area contributed by atoms with Crippen molar-refractivity contribution in [3.05, 3.63) is 58.0 Å². The van der Waals surface area contributed by atoms with Crippen LogP contribution in [0.1, 0.15) is 15.9 Å². The van der Waals surface area contributed by atoms with Gasteiger partial charge in [-0.05, 0) is 34.5 Å². The smallest absolute Gasteiger partial charge is 0.325 e. The molecule has 0 aliphatic rings. The molecule has 1 aromatic carbocycles. The van der Waals surface area contributed by atoms with Gasteiger partial charge >= 0.3 is 6.18 Å². The van der Waals surface area contributed by atoms with Gasteiger partial charge in [0.15, 0.2) is 0 Å². The Hall–Kier alpha value is -1.89. The van der Waals surface area contributed by atoms with Gasteiger partial charge in [0, 0.05) is 6.54 Å². The first-order valence-electron chi connectivity index (χ1n) is 5.98. The maximum absolute atomic E-state index is 13.6. The molecule has 1 aromatic heterocycles. The third-order valence-corrected chi connectivity index (χ3v) is 3.45. The van der Waals surface area contributed by atoms with E-state index in [0.717, 1.165) is 6.07 Å². The fraction of sp³-hybridized carbons (Fsp3) is 0.214. The Morgan fingerprint density at radius 1 is 1.19 bits per heavy atom. The van der Waals surface area contributed by atoms with Crippen molar-refractivity contribution in [1.29, 1.82) is 0 Å². The molecule has 0 radical (unpaired) electrons. The minimum absolute atomic E-state index is 0.212. The highest BCUT2D eigenvalue weighted by atomic mass is 32.1. The maximum atomic E-state index is 13.6. The number of hydrogen-bond donors (Lipinski definition) is 0. The molecule has 2 aromatic rings. The van der Waals surface area contributed by atoms with E-state index in [-0.39, 0.29) is 12.1 Å². The minimum Gasteiger partial charge on any atom is -0.325 e. The van der Waals surface area contributed by atoms with E-state index in [1.807, 2.05) is 0 Å². The van der Waals surface area contributed by atoms with Crippen LogP contribution >= 0.6 is 11.3 Å². The van der Waals surface area contributed by atoms with Crippen LogP contribution in [0.15, 0.2) is 41.1 Å². The van der Waals surface area contributed by atoms with Gasteiger partial charge < -0.3 is 4.90 Å². The molecule has 0 spiro atoms. The minimum atomic E-state index is -4.54. The Balaban J connectivity index is 2.26. The summed E-state index contributed by atoms with van der Waals surface area (Å²) in [6.07, 6.45) is -4.54. The van der Waals surface area contributed by atoms with E-state index in [0.29, 0.717) is 10.5 Å². The van der Waals surface area contributed by atoms with E-state index in [1.165, 1.54) is 29.5 Å². The van der Waals surface area contributed by atoms with Crippen LogP contribution in [0.2, 0.25) is 0 Å². The Kier molecular flexibility index (Phi) is 4.62. The molecule has 1 amide bonds. The van der Waals surface area contributed by atoms with Gasteiger partial charge in [-0.3, -0.25) is 4.79 Å². The van der Waals surface area contributed by atoms with Crippen LogP contribution < -0.4 is 0 Å². The lowest BCUT2D eigenvalue weighted by molar-refractivity contribution is -0.141. The van der Waals surface area contributed by atoms with Gasteiger partial charge in [0.2, 0.25) is 0 Å². The molecule has 112 valence electrons. The fourth-order valence-electron chi connectivity index (χ4n) is 1.82. The van der Waals surface area contributed by atoms with Crippen molar-refractivity contribution >= 4 is 17.2 Å². The van der Waals surface area contributed by atoms with Crippen LogP contribution in [0.3, 0.4) is 0 Å². The van der Waals surface area contributed by atoms with Crippen molar-refractivity contribution in [1.82, 2.24) is 4.90 Å². The number of carbonyl (C=O) groups excluding carboxylic acids is 1. The molecular formula is C14H11F4NOS. The third kappa shape index (κ3) is 4.29. The quantitative estimate of drug-likeness (QED) is 0.778. The second kappa shape index (κ2) is 6.26. The topological polar surface area (TPSA) is 20.3 Å². The first-order chi connectivity index (χ1) is 9.87. The molecular weight excluding hydrogens is 306 g/mol. The average molecular weight is 317 g/mol. The zero-order valence-electron chi connectivity index (χ0n) is 10.7. The van der Waals surface area contributed by atoms with Crippen molar-refractivity contribution < 1.29 is 22.4 Å². The molecule has 0 aliphatic carbocycles. The highest BCUT2D eigenvalue weighted by Crippen LogP contribution is 2.21. The van der Waals surface area contributed by atoms with Crippen LogP contribution in [-0.4, -0.2) is 23.5 Å². The van der Waals surface area contributed by atoms with Crippen molar-refractivity contribution in [3.63, 3.8) is 0 Å². The van der Waals surface area contributed by atoms with Crippen LogP contribution in [0.4, 0.5) is 17.6 Å². The molecule has 0 saturated heterocycles. The molecule has 0 N–H and O–H groups in total. The number of amides is 1.